The van der Waals surface area contributed by atoms with Gasteiger partial charge in [-0.15, -0.1) is 0 Å². The van der Waals surface area contributed by atoms with Crippen LogP contribution in [-0.2, 0) is 11.2 Å². The molecule has 2 aromatic rings. The van der Waals surface area contributed by atoms with Gasteiger partial charge in [0.15, 0.2) is 11.5 Å². The second kappa shape index (κ2) is 9.26. The molecule has 0 aliphatic carbocycles. The van der Waals surface area contributed by atoms with Gasteiger partial charge in [0.05, 0.1) is 14.2 Å². The van der Waals surface area contributed by atoms with E-state index in [-0.39, 0.29) is 17.7 Å². The molecule has 6 heteroatoms. The van der Waals surface area contributed by atoms with Gasteiger partial charge in [0.1, 0.15) is 0 Å². The van der Waals surface area contributed by atoms with Crippen LogP contribution in [0, 0.1) is 5.92 Å². The van der Waals surface area contributed by atoms with Crippen LogP contribution in [0.2, 0.25) is 0 Å². The van der Waals surface area contributed by atoms with Gasteiger partial charge in [-0.05, 0) is 30.2 Å². The van der Waals surface area contributed by atoms with E-state index in [1.54, 1.807) is 25.3 Å². The minimum absolute atomic E-state index is 0.132. The first-order valence-corrected chi connectivity index (χ1v) is 9.42. The van der Waals surface area contributed by atoms with Crippen molar-refractivity contribution in [1.82, 2.24) is 10.2 Å². The number of ether oxygens (including phenoxy) is 2. The van der Waals surface area contributed by atoms with Crippen molar-refractivity contribution in [2.45, 2.75) is 12.8 Å². The lowest BCUT2D eigenvalue weighted by Gasteiger charge is -2.17. The maximum Gasteiger partial charge on any atom is 0.251 e. The largest absolute Gasteiger partial charge is 0.493 e. The fourth-order valence-electron chi connectivity index (χ4n) is 3.43. The number of nitrogens with one attached hydrogen (secondary N) is 1. The third-order valence-corrected chi connectivity index (χ3v) is 5.00. The molecule has 1 saturated heterocycles. The van der Waals surface area contributed by atoms with Crippen LogP contribution in [0.1, 0.15) is 22.3 Å². The van der Waals surface area contributed by atoms with Gasteiger partial charge in [-0.1, -0.05) is 30.3 Å². The van der Waals surface area contributed by atoms with E-state index in [0.29, 0.717) is 43.1 Å². The van der Waals surface area contributed by atoms with Gasteiger partial charge >= 0.3 is 0 Å². The second-order valence-electron chi connectivity index (χ2n) is 6.93. The third kappa shape index (κ3) is 4.82. The zero-order valence-electron chi connectivity index (χ0n) is 16.3. The van der Waals surface area contributed by atoms with Crippen molar-refractivity contribution in [3.05, 3.63) is 59.7 Å². The van der Waals surface area contributed by atoms with Crippen LogP contribution in [0.5, 0.6) is 11.5 Å². The van der Waals surface area contributed by atoms with Gasteiger partial charge in [-0.25, -0.2) is 0 Å². The van der Waals surface area contributed by atoms with E-state index in [4.69, 9.17) is 9.47 Å². The van der Waals surface area contributed by atoms with Crippen LogP contribution in [0.4, 0.5) is 0 Å². The third-order valence-electron chi connectivity index (χ3n) is 5.00. The molecule has 1 N–H and O–H groups in total. The number of nitrogens with zero attached hydrogens (tertiary/aromatic N) is 1. The molecule has 148 valence electrons. The lowest BCUT2D eigenvalue weighted by Crippen LogP contribution is -2.32. The normalized spacial score (nSPS) is 16.1. The summed E-state index contributed by atoms with van der Waals surface area (Å²) in [4.78, 5) is 26.6. The molecule has 1 unspecified atom stereocenters. The molecule has 3 rings (SSSR count). The average Bonchev–Trinajstić information content (AvgIpc) is 3.10. The summed E-state index contributed by atoms with van der Waals surface area (Å²) in [5.74, 6) is 1.19. The molecule has 0 spiro atoms. The highest BCUT2D eigenvalue weighted by Gasteiger charge is 2.29. The van der Waals surface area contributed by atoms with Crippen molar-refractivity contribution < 1.29 is 19.1 Å². The first-order chi connectivity index (χ1) is 13.6. The summed E-state index contributed by atoms with van der Waals surface area (Å²) in [5, 5.41) is 2.93. The number of methoxy groups -OCH3 is 2. The fourth-order valence-corrected chi connectivity index (χ4v) is 3.43. The van der Waals surface area contributed by atoms with E-state index in [1.807, 2.05) is 23.1 Å². The number of amides is 2. The summed E-state index contributed by atoms with van der Waals surface area (Å²) in [6.07, 6.45) is 1.32. The van der Waals surface area contributed by atoms with E-state index >= 15 is 0 Å². The Balaban J connectivity index is 1.49. The Hall–Kier alpha value is -3.02. The number of rotatable bonds is 8. The van der Waals surface area contributed by atoms with Crippen molar-refractivity contribution in [1.29, 1.82) is 0 Å². The molecule has 1 fully saturated rings. The van der Waals surface area contributed by atoms with Crippen LogP contribution >= 0.6 is 0 Å². The first kappa shape index (κ1) is 19.7. The van der Waals surface area contributed by atoms with E-state index in [0.717, 1.165) is 6.42 Å². The van der Waals surface area contributed by atoms with Gasteiger partial charge in [-0.3, -0.25) is 9.59 Å². The molecule has 0 aromatic heterocycles. The van der Waals surface area contributed by atoms with Crippen LogP contribution in [0.15, 0.2) is 48.5 Å². The van der Waals surface area contributed by atoms with Gasteiger partial charge in [0.2, 0.25) is 5.91 Å². The predicted molar refractivity (Wildman–Crippen MR) is 107 cm³/mol. The van der Waals surface area contributed by atoms with Crippen LogP contribution in [-0.4, -0.2) is 50.6 Å². The average molecular weight is 382 g/mol. The summed E-state index contributed by atoms with van der Waals surface area (Å²) < 4.78 is 10.4. The lowest BCUT2D eigenvalue weighted by atomic mass is 10.1. The second-order valence-corrected chi connectivity index (χ2v) is 6.93. The number of hydrogen-bond donors (Lipinski definition) is 1. The van der Waals surface area contributed by atoms with Crippen molar-refractivity contribution in [3.8, 4) is 11.5 Å². The number of carbonyl (C=O) groups excluding carboxylic acids is 2. The predicted octanol–water partition coefficient (Wildman–Crippen LogP) is 2.52. The maximum absolute atomic E-state index is 12.4. The molecule has 6 nitrogen and oxygen atoms in total. The molecular weight excluding hydrogens is 356 g/mol. The Bertz CT molecular complexity index is 823. The SMILES string of the molecule is COc1ccc(C(=O)NCC2CC(=O)N(CCc3ccccc3)C2)cc1OC. The number of benzene rings is 2. The van der Waals surface area contributed by atoms with E-state index in [9.17, 15) is 9.59 Å². The highest BCUT2D eigenvalue weighted by molar-refractivity contribution is 5.95. The molecule has 0 bridgehead atoms. The van der Waals surface area contributed by atoms with E-state index in [1.165, 1.54) is 12.7 Å². The molecular formula is C22H26N2O4. The minimum atomic E-state index is -0.184. The summed E-state index contributed by atoms with van der Waals surface area (Å²) in [7, 11) is 3.09. The minimum Gasteiger partial charge on any atom is -0.493 e. The smallest absolute Gasteiger partial charge is 0.251 e. The Labute approximate surface area is 165 Å². The zero-order chi connectivity index (χ0) is 19.9. The molecule has 2 amide bonds. The zero-order valence-corrected chi connectivity index (χ0v) is 16.3. The molecule has 2 aromatic carbocycles. The van der Waals surface area contributed by atoms with Gasteiger partial charge in [0, 0.05) is 37.5 Å². The van der Waals surface area contributed by atoms with Crippen molar-refractivity contribution in [2.75, 3.05) is 33.9 Å². The monoisotopic (exact) mass is 382 g/mol. The maximum atomic E-state index is 12.4. The quantitative estimate of drug-likeness (QED) is 0.762. The summed E-state index contributed by atoms with van der Waals surface area (Å²) in [6, 6.07) is 15.2. The Morgan fingerprint density at radius 3 is 2.57 bits per heavy atom. The molecule has 1 aliphatic heterocycles. The lowest BCUT2D eigenvalue weighted by molar-refractivity contribution is -0.127. The standard InChI is InChI=1S/C22H26N2O4/c1-27-19-9-8-18(13-20(19)28-2)22(26)23-14-17-12-21(25)24(15-17)11-10-16-6-4-3-5-7-16/h3-9,13,17H,10-12,14-15H2,1-2H3,(H,23,26). The fraction of sp³-hybridized carbons (Fsp3) is 0.364. The van der Waals surface area contributed by atoms with Crippen LogP contribution in [0.3, 0.4) is 0 Å². The van der Waals surface area contributed by atoms with Crippen molar-refractivity contribution >= 4 is 11.8 Å². The molecule has 1 atom stereocenters. The number of hydrogen-bond acceptors (Lipinski definition) is 4. The molecule has 28 heavy (non-hydrogen) atoms. The first-order valence-electron chi connectivity index (χ1n) is 9.42. The van der Waals surface area contributed by atoms with E-state index < -0.39 is 0 Å². The number of carbonyl (C=O) groups is 2. The molecule has 1 heterocycles. The van der Waals surface area contributed by atoms with Crippen molar-refractivity contribution in [3.63, 3.8) is 0 Å². The summed E-state index contributed by atoms with van der Waals surface area (Å²) in [6.45, 7) is 1.86. The Kier molecular flexibility index (Phi) is 6.53. The van der Waals surface area contributed by atoms with Crippen LogP contribution in [0.25, 0.3) is 0 Å². The van der Waals surface area contributed by atoms with Gasteiger partial charge < -0.3 is 19.7 Å². The van der Waals surface area contributed by atoms with Gasteiger partial charge in [-0.2, -0.15) is 0 Å². The Morgan fingerprint density at radius 2 is 1.86 bits per heavy atom. The molecule has 1 aliphatic rings. The Morgan fingerprint density at radius 1 is 1.11 bits per heavy atom. The highest BCUT2D eigenvalue weighted by Crippen LogP contribution is 2.27. The highest BCUT2D eigenvalue weighted by atomic mass is 16.5. The van der Waals surface area contributed by atoms with E-state index in [2.05, 4.69) is 17.4 Å². The summed E-state index contributed by atoms with van der Waals surface area (Å²) >= 11 is 0. The van der Waals surface area contributed by atoms with Gasteiger partial charge in [0.25, 0.3) is 5.91 Å². The number of likely N-dealkylation sites (tertiary alicyclic amines) is 1. The topological polar surface area (TPSA) is 67.9 Å². The molecule has 0 radical (unpaired) electrons. The summed E-state index contributed by atoms with van der Waals surface area (Å²) in [5.41, 5.74) is 1.73. The van der Waals surface area contributed by atoms with Crippen molar-refractivity contribution in [2.24, 2.45) is 5.92 Å². The molecule has 0 saturated carbocycles. The van der Waals surface area contributed by atoms with Crippen LogP contribution < -0.4 is 14.8 Å².